The first-order chi connectivity index (χ1) is 13.6. The molecule has 3 aromatic rings. The van der Waals surface area contributed by atoms with Crippen molar-refractivity contribution in [3.8, 4) is 0 Å². The third-order valence-corrected chi connectivity index (χ3v) is 5.50. The Morgan fingerprint density at radius 2 is 1.86 bits per heavy atom. The quantitative estimate of drug-likeness (QED) is 0.726. The first-order valence-electron chi connectivity index (χ1n) is 9.84. The lowest BCUT2D eigenvalue weighted by Gasteiger charge is -2.32. The van der Waals surface area contributed by atoms with Crippen molar-refractivity contribution < 1.29 is 9.59 Å². The smallest absolute Gasteiger partial charge is 0.270 e. The monoisotopic (exact) mass is 375 g/mol. The summed E-state index contributed by atoms with van der Waals surface area (Å²) >= 11 is 0. The van der Waals surface area contributed by atoms with Gasteiger partial charge in [-0.15, -0.1) is 0 Å². The summed E-state index contributed by atoms with van der Waals surface area (Å²) in [5.74, 6) is -0.191. The van der Waals surface area contributed by atoms with Crippen LogP contribution in [0.3, 0.4) is 0 Å². The van der Waals surface area contributed by atoms with Gasteiger partial charge in [0.05, 0.1) is 12.0 Å². The molecule has 5 heteroatoms. The Balaban J connectivity index is 1.42. The average molecular weight is 375 g/mol. The van der Waals surface area contributed by atoms with Crippen LogP contribution in [-0.4, -0.2) is 34.8 Å². The van der Waals surface area contributed by atoms with Crippen LogP contribution < -0.4 is 5.32 Å². The zero-order chi connectivity index (χ0) is 19.5. The highest BCUT2D eigenvalue weighted by Gasteiger charge is 2.30. The molecule has 0 spiro atoms. The van der Waals surface area contributed by atoms with E-state index in [0.717, 1.165) is 29.3 Å². The number of nitrogens with one attached hydrogen (secondary N) is 2. The Kier molecular flexibility index (Phi) is 5.15. The van der Waals surface area contributed by atoms with Gasteiger partial charge in [0.15, 0.2) is 0 Å². The van der Waals surface area contributed by atoms with Gasteiger partial charge in [-0.1, -0.05) is 48.5 Å². The second kappa shape index (κ2) is 7.89. The summed E-state index contributed by atoms with van der Waals surface area (Å²) in [6.07, 6.45) is 1.65. The Labute approximate surface area is 164 Å². The molecule has 0 bridgehead atoms. The molecule has 0 radical (unpaired) electrons. The lowest BCUT2D eigenvalue weighted by Crippen LogP contribution is -2.46. The molecule has 1 aromatic heterocycles. The molecule has 2 amide bonds. The second-order valence-electron chi connectivity index (χ2n) is 7.50. The number of aromatic amines is 1. The fraction of sp³-hybridized carbons (Fsp3) is 0.304. The van der Waals surface area contributed by atoms with Gasteiger partial charge >= 0.3 is 0 Å². The molecule has 0 unspecified atom stereocenters. The number of carbonyl (C=O) groups is 2. The molecule has 2 N–H and O–H groups in total. The zero-order valence-electron chi connectivity index (χ0n) is 16.0. The number of likely N-dealkylation sites (tertiary alicyclic amines) is 1. The first-order valence-corrected chi connectivity index (χ1v) is 9.84. The number of rotatable bonds is 4. The van der Waals surface area contributed by atoms with Crippen LogP contribution >= 0.6 is 0 Å². The molecule has 5 nitrogen and oxygen atoms in total. The molecule has 2 heterocycles. The van der Waals surface area contributed by atoms with Gasteiger partial charge in [-0.25, -0.2) is 0 Å². The standard InChI is InChI=1S/C23H25N3O2/c1-16(17-8-3-2-4-9-17)24-22(27)19-11-7-13-26(15-19)23(28)21-14-18-10-5-6-12-20(18)25-21/h2-6,8-10,12,14,16,19,25H,7,11,13,15H2,1H3,(H,24,27)/t16-,19+/m0/s1. The summed E-state index contributed by atoms with van der Waals surface area (Å²) in [7, 11) is 0. The Morgan fingerprint density at radius 1 is 1.11 bits per heavy atom. The van der Waals surface area contributed by atoms with E-state index in [1.807, 2.05) is 67.6 Å². The molecule has 28 heavy (non-hydrogen) atoms. The minimum absolute atomic E-state index is 0.0190. The summed E-state index contributed by atoms with van der Waals surface area (Å²) in [6, 6.07) is 19.6. The fourth-order valence-corrected chi connectivity index (χ4v) is 3.89. The summed E-state index contributed by atoms with van der Waals surface area (Å²) < 4.78 is 0. The molecule has 144 valence electrons. The molecule has 0 aliphatic carbocycles. The number of hydrogen-bond acceptors (Lipinski definition) is 2. The highest BCUT2D eigenvalue weighted by molar-refractivity contribution is 5.98. The van der Waals surface area contributed by atoms with Crippen molar-refractivity contribution in [3.63, 3.8) is 0 Å². The topological polar surface area (TPSA) is 65.2 Å². The average Bonchev–Trinajstić information content (AvgIpc) is 3.18. The number of para-hydroxylation sites is 1. The van der Waals surface area contributed by atoms with E-state index in [-0.39, 0.29) is 23.8 Å². The molecular weight excluding hydrogens is 350 g/mol. The number of H-pyrrole nitrogens is 1. The highest BCUT2D eigenvalue weighted by Crippen LogP contribution is 2.22. The molecule has 4 rings (SSSR count). The second-order valence-corrected chi connectivity index (χ2v) is 7.50. The van der Waals surface area contributed by atoms with E-state index in [1.165, 1.54) is 0 Å². The number of piperidine rings is 1. The van der Waals surface area contributed by atoms with Crippen molar-refractivity contribution in [3.05, 3.63) is 71.9 Å². The molecule has 0 saturated carbocycles. The Bertz CT molecular complexity index is 947. The Morgan fingerprint density at radius 3 is 2.64 bits per heavy atom. The maximum absolute atomic E-state index is 12.9. The lowest BCUT2D eigenvalue weighted by molar-refractivity contribution is -0.127. The number of aromatic nitrogens is 1. The SMILES string of the molecule is C[C@H](NC(=O)[C@@H]1CCCN(C(=O)c2cc3ccccc3[nH]2)C1)c1ccccc1. The van der Waals surface area contributed by atoms with Gasteiger partial charge in [0, 0.05) is 24.0 Å². The highest BCUT2D eigenvalue weighted by atomic mass is 16.2. The van der Waals surface area contributed by atoms with E-state index in [2.05, 4.69) is 10.3 Å². The zero-order valence-corrected chi connectivity index (χ0v) is 16.0. The van der Waals surface area contributed by atoms with Gasteiger partial charge < -0.3 is 15.2 Å². The van der Waals surface area contributed by atoms with Gasteiger partial charge in [-0.2, -0.15) is 0 Å². The lowest BCUT2D eigenvalue weighted by atomic mass is 9.96. The van der Waals surface area contributed by atoms with Crippen LogP contribution in [0, 0.1) is 5.92 Å². The number of carbonyl (C=O) groups excluding carboxylic acids is 2. The number of amides is 2. The first kappa shape index (κ1) is 18.3. The normalized spacial score (nSPS) is 18.0. The van der Waals surface area contributed by atoms with Crippen molar-refractivity contribution in [1.29, 1.82) is 0 Å². The van der Waals surface area contributed by atoms with Crippen LogP contribution in [0.5, 0.6) is 0 Å². The van der Waals surface area contributed by atoms with Crippen molar-refractivity contribution in [2.24, 2.45) is 5.92 Å². The van der Waals surface area contributed by atoms with E-state index in [0.29, 0.717) is 18.8 Å². The molecule has 1 saturated heterocycles. The van der Waals surface area contributed by atoms with Gasteiger partial charge in [-0.05, 0) is 37.5 Å². The summed E-state index contributed by atoms with van der Waals surface area (Å²) in [5.41, 5.74) is 2.62. The maximum Gasteiger partial charge on any atom is 0.270 e. The number of benzene rings is 2. The fourth-order valence-electron chi connectivity index (χ4n) is 3.89. The van der Waals surface area contributed by atoms with Crippen molar-refractivity contribution in [2.75, 3.05) is 13.1 Å². The van der Waals surface area contributed by atoms with E-state index in [1.54, 1.807) is 4.90 Å². The van der Waals surface area contributed by atoms with Crippen LogP contribution in [0.2, 0.25) is 0 Å². The van der Waals surface area contributed by atoms with E-state index in [4.69, 9.17) is 0 Å². The van der Waals surface area contributed by atoms with Gasteiger partial charge in [0.2, 0.25) is 5.91 Å². The van der Waals surface area contributed by atoms with Crippen LogP contribution in [0.25, 0.3) is 10.9 Å². The van der Waals surface area contributed by atoms with Crippen molar-refractivity contribution in [2.45, 2.75) is 25.8 Å². The van der Waals surface area contributed by atoms with E-state index in [9.17, 15) is 9.59 Å². The third-order valence-electron chi connectivity index (χ3n) is 5.50. The number of fused-ring (bicyclic) bond motifs is 1. The minimum atomic E-state index is -0.173. The molecule has 2 atom stereocenters. The molecule has 2 aromatic carbocycles. The summed E-state index contributed by atoms with van der Waals surface area (Å²) in [6.45, 7) is 3.14. The third kappa shape index (κ3) is 3.79. The summed E-state index contributed by atoms with van der Waals surface area (Å²) in [5, 5.41) is 4.12. The minimum Gasteiger partial charge on any atom is -0.351 e. The van der Waals surface area contributed by atoms with Crippen molar-refractivity contribution in [1.82, 2.24) is 15.2 Å². The van der Waals surface area contributed by atoms with Gasteiger partial charge in [0.25, 0.3) is 5.91 Å². The Hall–Kier alpha value is -3.08. The molecular formula is C23H25N3O2. The van der Waals surface area contributed by atoms with Crippen LogP contribution in [-0.2, 0) is 4.79 Å². The number of hydrogen-bond donors (Lipinski definition) is 2. The van der Waals surface area contributed by atoms with Crippen molar-refractivity contribution >= 4 is 22.7 Å². The predicted molar refractivity (Wildman–Crippen MR) is 110 cm³/mol. The maximum atomic E-state index is 12.9. The molecule has 1 aliphatic rings. The van der Waals surface area contributed by atoms with Crippen LogP contribution in [0.1, 0.15) is 41.9 Å². The molecule has 1 aliphatic heterocycles. The van der Waals surface area contributed by atoms with Gasteiger partial charge in [-0.3, -0.25) is 9.59 Å². The van der Waals surface area contributed by atoms with E-state index < -0.39 is 0 Å². The molecule has 1 fully saturated rings. The van der Waals surface area contributed by atoms with E-state index >= 15 is 0 Å². The number of nitrogens with zero attached hydrogens (tertiary/aromatic N) is 1. The van der Waals surface area contributed by atoms with Gasteiger partial charge in [0.1, 0.15) is 5.69 Å². The summed E-state index contributed by atoms with van der Waals surface area (Å²) in [4.78, 5) is 30.7. The predicted octanol–water partition coefficient (Wildman–Crippen LogP) is 3.90. The van der Waals surface area contributed by atoms with Crippen LogP contribution in [0.15, 0.2) is 60.7 Å². The van der Waals surface area contributed by atoms with Crippen LogP contribution in [0.4, 0.5) is 0 Å². The largest absolute Gasteiger partial charge is 0.351 e.